The predicted molar refractivity (Wildman–Crippen MR) is 149 cm³/mol. The Labute approximate surface area is 231 Å². The summed E-state index contributed by atoms with van der Waals surface area (Å²) in [4.78, 5) is 18.4. The Hall–Kier alpha value is -3.59. The maximum atomic E-state index is 13.4. The number of aliphatic hydroxyl groups is 2. The maximum Gasteiger partial charge on any atom is 0.416 e. The van der Waals surface area contributed by atoms with Crippen LogP contribution in [-0.4, -0.2) is 52.6 Å². The smallest absolute Gasteiger partial charge is 0.416 e. The van der Waals surface area contributed by atoms with Crippen LogP contribution in [0.25, 0.3) is 10.9 Å². The Kier molecular flexibility index (Phi) is 8.80. The van der Waals surface area contributed by atoms with Gasteiger partial charge in [-0.3, -0.25) is 4.90 Å². The molecule has 3 aromatic rings. The highest BCUT2D eigenvalue weighted by molar-refractivity contribution is 6.31. The van der Waals surface area contributed by atoms with Gasteiger partial charge in [0.05, 0.1) is 19.8 Å². The molecule has 1 aromatic heterocycles. The number of rotatable bonds is 9. The molecule has 0 radical (unpaired) electrons. The first-order valence-electron chi connectivity index (χ1n) is 12.6. The Morgan fingerprint density at radius 3 is 2.62 bits per heavy atom. The van der Waals surface area contributed by atoms with Crippen LogP contribution in [0, 0.1) is 11.2 Å². The molecule has 0 bridgehead atoms. The fourth-order valence-electron chi connectivity index (χ4n) is 4.41. The minimum atomic E-state index is -0.788. The first-order valence-corrected chi connectivity index (χ1v) is 13.0. The van der Waals surface area contributed by atoms with Crippen molar-refractivity contribution in [1.29, 1.82) is 0 Å². The summed E-state index contributed by atoms with van der Waals surface area (Å²) >= 11 is 6.28. The molecule has 2 aromatic carbocycles. The number of hydrogen-bond acceptors (Lipinski definition) is 5. The van der Waals surface area contributed by atoms with Crippen molar-refractivity contribution in [2.24, 2.45) is 5.41 Å². The number of carbonyl (C=O) groups excluding carboxylic acids is 1. The molecule has 1 amide bonds. The Bertz CT molecular complexity index is 1410. The van der Waals surface area contributed by atoms with E-state index in [0.717, 1.165) is 22.2 Å². The maximum absolute atomic E-state index is 13.4. The van der Waals surface area contributed by atoms with Crippen LogP contribution in [0.1, 0.15) is 31.1 Å². The van der Waals surface area contributed by atoms with Crippen LogP contribution in [0.3, 0.4) is 0 Å². The molecule has 0 fully saturated rings. The highest BCUT2D eigenvalue weighted by Crippen LogP contribution is 2.39. The monoisotopic (exact) mass is 554 g/mol. The molecule has 7 nitrogen and oxygen atoms in total. The van der Waals surface area contributed by atoms with Crippen LogP contribution in [0.15, 0.2) is 78.6 Å². The molecule has 3 N–H and O–H groups in total. The number of aliphatic hydroxyl groups excluding tert-OH is 2. The predicted octanol–water partition coefficient (Wildman–Crippen LogP) is 6.08. The number of nitrogens with zero attached hydrogens (tertiary/aromatic N) is 1. The number of nitrogens with one attached hydrogen (secondary N) is 1. The van der Waals surface area contributed by atoms with Crippen molar-refractivity contribution in [1.82, 2.24) is 9.88 Å². The van der Waals surface area contributed by atoms with Gasteiger partial charge in [-0.2, -0.15) is 0 Å². The van der Waals surface area contributed by atoms with Crippen LogP contribution in [-0.2, 0) is 11.2 Å². The zero-order chi connectivity index (χ0) is 28.2. The number of H-pyrrole nitrogens is 1. The first kappa shape index (κ1) is 28.4. The molecule has 0 saturated carbocycles. The van der Waals surface area contributed by atoms with E-state index in [9.17, 15) is 19.4 Å². The summed E-state index contributed by atoms with van der Waals surface area (Å²) < 4.78 is 24.8. The van der Waals surface area contributed by atoms with E-state index in [-0.39, 0.29) is 25.6 Å². The van der Waals surface area contributed by atoms with Crippen molar-refractivity contribution in [2.45, 2.75) is 26.3 Å². The Balaban J connectivity index is 1.64. The minimum Gasteiger partial charge on any atom is -0.493 e. The fraction of sp³-hybridized carbons (Fsp3) is 0.300. The normalized spacial score (nSPS) is 16.0. The van der Waals surface area contributed by atoms with E-state index in [2.05, 4.69) is 11.6 Å². The lowest BCUT2D eigenvalue weighted by Crippen LogP contribution is -2.42. The number of aromatic amines is 1. The fourth-order valence-corrected chi connectivity index (χ4v) is 4.58. The molecule has 0 aliphatic carbocycles. The van der Waals surface area contributed by atoms with Crippen LogP contribution in [0.4, 0.5) is 9.18 Å². The highest BCUT2D eigenvalue weighted by Gasteiger charge is 2.35. The van der Waals surface area contributed by atoms with E-state index in [1.165, 1.54) is 24.3 Å². The molecule has 39 heavy (non-hydrogen) atoms. The van der Waals surface area contributed by atoms with Crippen molar-refractivity contribution >= 4 is 28.6 Å². The van der Waals surface area contributed by atoms with E-state index >= 15 is 0 Å². The van der Waals surface area contributed by atoms with Gasteiger partial charge in [0.15, 0.2) is 0 Å². The van der Waals surface area contributed by atoms with Crippen LogP contribution in [0.2, 0.25) is 5.02 Å². The second-order valence-electron chi connectivity index (χ2n) is 9.89. The summed E-state index contributed by atoms with van der Waals surface area (Å²) in [7, 11) is 0. The average Bonchev–Trinajstić information content (AvgIpc) is 3.31. The number of carbonyl (C=O) groups is 1. The van der Waals surface area contributed by atoms with Gasteiger partial charge in [-0.1, -0.05) is 31.2 Å². The summed E-state index contributed by atoms with van der Waals surface area (Å²) in [6, 6.07) is 10.3. The Morgan fingerprint density at radius 1 is 1.23 bits per heavy atom. The second kappa shape index (κ2) is 12.1. The lowest BCUT2D eigenvalue weighted by molar-refractivity contribution is 0.00865. The van der Waals surface area contributed by atoms with Gasteiger partial charge in [0.2, 0.25) is 0 Å². The number of allylic oxidation sites excluding steroid dienone is 2. The van der Waals surface area contributed by atoms with Gasteiger partial charge < -0.3 is 24.7 Å². The zero-order valence-corrected chi connectivity index (χ0v) is 22.7. The Morgan fingerprint density at radius 2 is 1.95 bits per heavy atom. The quantitative estimate of drug-likeness (QED) is 0.220. The lowest BCUT2D eigenvalue weighted by Gasteiger charge is -2.35. The number of hydrogen-bond donors (Lipinski definition) is 3. The lowest BCUT2D eigenvalue weighted by atomic mass is 9.93. The molecule has 1 aliphatic heterocycles. The SMILES string of the molecule is C=C(/C=C\C(=C/C)OCC(C)(CO)CO)[C@H]1c2[nH]c3ccc(Cl)cc3c2CCN1C(=O)Oc1ccc(F)cc1. The molecule has 0 spiro atoms. The minimum absolute atomic E-state index is 0.114. The van der Waals surface area contributed by atoms with Gasteiger partial charge in [-0.25, -0.2) is 9.18 Å². The second-order valence-corrected chi connectivity index (χ2v) is 10.3. The van der Waals surface area contributed by atoms with E-state index in [1.807, 2.05) is 19.1 Å². The number of halogens is 2. The number of fused-ring (bicyclic) bond motifs is 3. The van der Waals surface area contributed by atoms with Gasteiger partial charge >= 0.3 is 6.09 Å². The van der Waals surface area contributed by atoms with Gasteiger partial charge in [-0.15, -0.1) is 0 Å². The third-order valence-corrected chi connectivity index (χ3v) is 7.03. The molecular weight excluding hydrogens is 523 g/mol. The molecule has 206 valence electrons. The van der Waals surface area contributed by atoms with Gasteiger partial charge in [0, 0.05) is 33.6 Å². The van der Waals surface area contributed by atoms with Crippen molar-refractivity contribution < 1.29 is 28.9 Å². The summed E-state index contributed by atoms with van der Waals surface area (Å²) in [6.45, 7) is 7.83. The van der Waals surface area contributed by atoms with Crippen molar-refractivity contribution in [2.75, 3.05) is 26.4 Å². The van der Waals surface area contributed by atoms with E-state index in [4.69, 9.17) is 21.1 Å². The number of benzene rings is 2. The standard InChI is InChI=1S/C30H32ClFN2O5/c1-4-22(38-18-30(3,16-35)17-36)9-5-19(2)28-27-24(25-15-20(31)6-12-26(25)33-27)13-14-34(28)29(37)39-23-10-7-21(32)8-11-23/h4-12,15,28,33,35-36H,2,13-14,16-18H2,1,3H3/b9-5-,22-4+/t28-/m0/s1. The summed E-state index contributed by atoms with van der Waals surface area (Å²) in [5, 5.41) is 20.7. The van der Waals surface area contributed by atoms with Gasteiger partial charge in [-0.05, 0) is 79.1 Å². The number of aromatic nitrogens is 1. The number of ether oxygens (including phenoxy) is 2. The summed E-state index contributed by atoms with van der Waals surface area (Å²) in [6.07, 6.45) is 5.24. The van der Waals surface area contributed by atoms with Gasteiger partial charge in [0.25, 0.3) is 0 Å². The molecule has 9 heteroatoms. The van der Waals surface area contributed by atoms with Crippen LogP contribution >= 0.6 is 11.6 Å². The van der Waals surface area contributed by atoms with E-state index in [1.54, 1.807) is 36.1 Å². The van der Waals surface area contributed by atoms with Crippen molar-refractivity contribution in [3.8, 4) is 5.75 Å². The molecule has 0 unspecified atom stereocenters. The molecule has 1 atom stereocenters. The molecule has 4 rings (SSSR count). The molecule has 1 aliphatic rings. The molecule has 0 saturated heterocycles. The van der Waals surface area contributed by atoms with Crippen LogP contribution < -0.4 is 4.74 Å². The van der Waals surface area contributed by atoms with E-state index < -0.39 is 23.4 Å². The number of amides is 1. The largest absolute Gasteiger partial charge is 0.493 e. The summed E-state index contributed by atoms with van der Waals surface area (Å²) in [5.41, 5.74) is 2.55. The van der Waals surface area contributed by atoms with E-state index in [0.29, 0.717) is 29.3 Å². The zero-order valence-electron chi connectivity index (χ0n) is 21.9. The highest BCUT2D eigenvalue weighted by atomic mass is 35.5. The van der Waals surface area contributed by atoms with Crippen molar-refractivity contribution in [3.63, 3.8) is 0 Å². The third kappa shape index (κ3) is 6.36. The first-order chi connectivity index (χ1) is 18.7. The van der Waals surface area contributed by atoms with Gasteiger partial charge in [0.1, 0.15) is 23.4 Å². The topological polar surface area (TPSA) is 95.0 Å². The summed E-state index contributed by atoms with van der Waals surface area (Å²) in [5.74, 6) is 0.325. The van der Waals surface area contributed by atoms with Crippen LogP contribution in [0.5, 0.6) is 5.75 Å². The average molecular weight is 555 g/mol. The molecular formula is C30H32ClFN2O5. The molecule has 2 heterocycles. The third-order valence-electron chi connectivity index (χ3n) is 6.79. The van der Waals surface area contributed by atoms with Crippen molar-refractivity contribution in [3.05, 3.63) is 101 Å².